The molecule has 6 nitrogen and oxygen atoms in total. The molecule has 0 radical (unpaired) electrons. The molecule has 0 amide bonds. The molecule has 7 heteroatoms. The summed E-state index contributed by atoms with van der Waals surface area (Å²) < 4.78 is 33.6. The summed E-state index contributed by atoms with van der Waals surface area (Å²) in [6, 6.07) is 8.80. The van der Waals surface area contributed by atoms with Gasteiger partial charge in [-0.05, 0) is 83.1 Å². The Bertz CT molecular complexity index is 766. The molecule has 1 heterocycles. The number of sulfonamides is 1. The average Bonchev–Trinajstić information content (AvgIpc) is 2.73. The van der Waals surface area contributed by atoms with Gasteiger partial charge in [-0.2, -0.15) is 0 Å². The first-order valence-electron chi connectivity index (χ1n) is 12.0. The van der Waals surface area contributed by atoms with Gasteiger partial charge in [0.1, 0.15) is 0 Å². The Labute approximate surface area is 189 Å². The Morgan fingerprint density at radius 2 is 1.68 bits per heavy atom. The summed E-state index contributed by atoms with van der Waals surface area (Å²) in [5, 5.41) is 3.28. The SMILES string of the molecule is CCCC(C)S(=O)(=O)NC1CCC(CNc2ccc(N3C[C@@H](C)O[C@@H](C)C3)cc2)CC1. The highest BCUT2D eigenvalue weighted by atomic mass is 32.2. The van der Waals surface area contributed by atoms with Crippen molar-refractivity contribution in [3.63, 3.8) is 0 Å². The van der Waals surface area contributed by atoms with Gasteiger partial charge >= 0.3 is 0 Å². The van der Waals surface area contributed by atoms with E-state index in [-0.39, 0.29) is 23.5 Å². The van der Waals surface area contributed by atoms with Crippen LogP contribution in [0.2, 0.25) is 0 Å². The average molecular weight is 452 g/mol. The van der Waals surface area contributed by atoms with Crippen LogP contribution in [-0.2, 0) is 14.8 Å². The van der Waals surface area contributed by atoms with Crippen molar-refractivity contribution in [1.29, 1.82) is 0 Å². The number of hydrogen-bond donors (Lipinski definition) is 2. The molecule has 1 saturated heterocycles. The van der Waals surface area contributed by atoms with Gasteiger partial charge in [-0.25, -0.2) is 13.1 Å². The molecule has 1 aliphatic heterocycles. The zero-order valence-electron chi connectivity index (χ0n) is 19.6. The summed E-state index contributed by atoms with van der Waals surface area (Å²) >= 11 is 0. The lowest BCUT2D eigenvalue weighted by Crippen LogP contribution is -2.45. The predicted molar refractivity (Wildman–Crippen MR) is 129 cm³/mol. The van der Waals surface area contributed by atoms with Crippen LogP contribution in [0, 0.1) is 5.92 Å². The molecule has 1 aromatic carbocycles. The second kappa shape index (κ2) is 11.0. The number of nitrogens with one attached hydrogen (secondary N) is 2. The molecule has 1 unspecified atom stereocenters. The smallest absolute Gasteiger partial charge is 0.214 e. The lowest BCUT2D eigenvalue weighted by molar-refractivity contribution is -0.00521. The number of hydrogen-bond acceptors (Lipinski definition) is 5. The number of benzene rings is 1. The third kappa shape index (κ3) is 7.09. The van der Waals surface area contributed by atoms with Crippen molar-refractivity contribution in [3.8, 4) is 0 Å². The highest BCUT2D eigenvalue weighted by molar-refractivity contribution is 7.90. The lowest BCUT2D eigenvalue weighted by atomic mass is 9.86. The van der Waals surface area contributed by atoms with Gasteiger partial charge in [0.15, 0.2) is 0 Å². The maximum atomic E-state index is 12.4. The standard InChI is InChI=1S/C24H41N3O3S/c1-5-6-20(4)31(28,29)26-23-9-7-21(8-10-23)15-25-22-11-13-24(14-12-22)27-16-18(2)30-19(3)17-27/h11-14,18-21,23,25-26H,5-10,15-17H2,1-4H3/t18-,19+,20?,21?,23?. The van der Waals surface area contributed by atoms with Crippen LogP contribution in [0.3, 0.4) is 0 Å². The fourth-order valence-corrected chi connectivity index (χ4v) is 6.31. The van der Waals surface area contributed by atoms with Gasteiger partial charge in [0.2, 0.25) is 10.0 Å². The van der Waals surface area contributed by atoms with Gasteiger partial charge in [-0.3, -0.25) is 0 Å². The lowest BCUT2D eigenvalue weighted by Gasteiger charge is -2.37. The fraction of sp³-hybridized carbons (Fsp3) is 0.750. The molecule has 2 aliphatic rings. The molecule has 3 rings (SSSR count). The molecule has 1 saturated carbocycles. The molecular formula is C24H41N3O3S. The maximum Gasteiger partial charge on any atom is 0.214 e. The predicted octanol–water partition coefficient (Wildman–Crippen LogP) is 4.38. The van der Waals surface area contributed by atoms with Crippen molar-refractivity contribution in [2.45, 2.75) is 89.7 Å². The Balaban J connectivity index is 1.41. The summed E-state index contributed by atoms with van der Waals surface area (Å²) in [4.78, 5) is 2.40. The second-order valence-corrected chi connectivity index (χ2v) is 11.7. The molecule has 2 N–H and O–H groups in total. The van der Waals surface area contributed by atoms with E-state index in [1.807, 2.05) is 13.8 Å². The topological polar surface area (TPSA) is 70.7 Å². The van der Waals surface area contributed by atoms with Crippen LogP contribution in [0.15, 0.2) is 24.3 Å². The molecule has 0 aromatic heterocycles. The highest BCUT2D eigenvalue weighted by Gasteiger charge is 2.27. The maximum absolute atomic E-state index is 12.4. The Morgan fingerprint density at radius 3 is 2.26 bits per heavy atom. The van der Waals surface area contributed by atoms with E-state index in [0.717, 1.165) is 63.8 Å². The number of ether oxygens (including phenoxy) is 1. The monoisotopic (exact) mass is 451 g/mol. The van der Waals surface area contributed by atoms with Gasteiger partial charge in [-0.1, -0.05) is 13.3 Å². The van der Waals surface area contributed by atoms with Crippen molar-refractivity contribution in [2.24, 2.45) is 5.92 Å². The Hall–Kier alpha value is -1.31. The zero-order chi connectivity index (χ0) is 22.4. The first kappa shape index (κ1) is 24.3. The highest BCUT2D eigenvalue weighted by Crippen LogP contribution is 2.27. The van der Waals surface area contributed by atoms with Crippen LogP contribution in [0.25, 0.3) is 0 Å². The molecule has 176 valence electrons. The number of morpholine rings is 1. The minimum Gasteiger partial charge on any atom is -0.385 e. The normalized spacial score (nSPS) is 28.3. The van der Waals surface area contributed by atoms with E-state index < -0.39 is 10.0 Å². The van der Waals surface area contributed by atoms with Gasteiger partial charge in [0.25, 0.3) is 0 Å². The van der Waals surface area contributed by atoms with Crippen LogP contribution in [0.1, 0.15) is 66.2 Å². The largest absolute Gasteiger partial charge is 0.385 e. The van der Waals surface area contributed by atoms with E-state index in [2.05, 4.69) is 53.1 Å². The second-order valence-electron chi connectivity index (χ2n) is 9.57. The molecule has 1 aliphatic carbocycles. The minimum absolute atomic E-state index is 0.0955. The third-order valence-electron chi connectivity index (χ3n) is 6.65. The molecule has 0 bridgehead atoms. The van der Waals surface area contributed by atoms with Gasteiger partial charge < -0.3 is 15.0 Å². The van der Waals surface area contributed by atoms with Crippen molar-refractivity contribution in [3.05, 3.63) is 24.3 Å². The summed E-state index contributed by atoms with van der Waals surface area (Å²) in [5.41, 5.74) is 2.40. The van der Waals surface area contributed by atoms with Crippen LogP contribution in [-0.4, -0.2) is 51.6 Å². The van der Waals surface area contributed by atoms with Crippen molar-refractivity contribution in [1.82, 2.24) is 4.72 Å². The summed E-state index contributed by atoms with van der Waals surface area (Å²) in [6.45, 7) is 10.9. The summed E-state index contributed by atoms with van der Waals surface area (Å²) in [6.07, 6.45) is 6.11. The van der Waals surface area contributed by atoms with E-state index in [9.17, 15) is 8.42 Å². The molecular weight excluding hydrogens is 410 g/mol. The van der Waals surface area contributed by atoms with E-state index in [4.69, 9.17) is 4.74 Å². The first-order chi connectivity index (χ1) is 14.8. The molecule has 31 heavy (non-hydrogen) atoms. The quantitative estimate of drug-likeness (QED) is 0.583. The van der Waals surface area contributed by atoms with E-state index in [0.29, 0.717) is 5.92 Å². The molecule has 2 fully saturated rings. The minimum atomic E-state index is -3.19. The Morgan fingerprint density at radius 1 is 1.06 bits per heavy atom. The Kier molecular flexibility index (Phi) is 8.65. The van der Waals surface area contributed by atoms with Gasteiger partial charge in [0, 0.05) is 37.1 Å². The van der Waals surface area contributed by atoms with Crippen molar-refractivity contribution < 1.29 is 13.2 Å². The third-order valence-corrected chi connectivity index (χ3v) is 8.61. The van der Waals surface area contributed by atoms with Crippen molar-refractivity contribution >= 4 is 21.4 Å². The summed E-state index contributed by atoms with van der Waals surface area (Å²) in [7, 11) is -3.19. The van der Waals surface area contributed by atoms with Crippen molar-refractivity contribution in [2.75, 3.05) is 29.9 Å². The van der Waals surface area contributed by atoms with E-state index in [1.54, 1.807) is 0 Å². The van der Waals surface area contributed by atoms with Gasteiger partial charge in [0.05, 0.1) is 17.5 Å². The molecule has 1 aromatic rings. The van der Waals surface area contributed by atoms with E-state index >= 15 is 0 Å². The zero-order valence-corrected chi connectivity index (χ0v) is 20.5. The van der Waals surface area contributed by atoms with Crippen LogP contribution in [0.5, 0.6) is 0 Å². The summed E-state index contributed by atoms with van der Waals surface area (Å²) in [5.74, 6) is 0.592. The van der Waals surface area contributed by atoms with Crippen LogP contribution >= 0.6 is 0 Å². The molecule has 0 spiro atoms. The number of anilines is 2. The fourth-order valence-electron chi connectivity index (χ4n) is 4.84. The van der Waals surface area contributed by atoms with Crippen LogP contribution in [0.4, 0.5) is 11.4 Å². The first-order valence-corrected chi connectivity index (χ1v) is 13.6. The number of nitrogens with zero attached hydrogens (tertiary/aromatic N) is 1. The van der Waals surface area contributed by atoms with Gasteiger partial charge in [-0.15, -0.1) is 0 Å². The number of rotatable bonds is 9. The molecule has 3 atom stereocenters. The van der Waals surface area contributed by atoms with Crippen LogP contribution < -0.4 is 14.9 Å². The van der Waals surface area contributed by atoms with E-state index in [1.165, 1.54) is 5.69 Å².